The molecule has 142 valence electrons. The normalized spacial score (nSPS) is 21.3. The highest BCUT2D eigenvalue weighted by atomic mass is 28.4. The van der Waals surface area contributed by atoms with Crippen LogP contribution in [0.3, 0.4) is 0 Å². The molecule has 0 amide bonds. The molecule has 0 aromatic carbocycles. The number of rotatable bonds is 10. The Hall–Kier alpha value is -0.163. The Kier molecular flexibility index (Phi) is 9.79. The van der Waals surface area contributed by atoms with Gasteiger partial charge in [0.15, 0.2) is 14.6 Å². The van der Waals surface area contributed by atoms with E-state index >= 15 is 0 Å². The molecule has 0 saturated carbocycles. The fraction of sp³-hybridized carbons (Fsp3) is 0.900. The van der Waals surface area contributed by atoms with Gasteiger partial charge in [0.05, 0.1) is 6.61 Å². The minimum atomic E-state index is -1.62. The minimum Gasteiger partial charge on any atom is -0.414 e. The van der Waals surface area contributed by atoms with Crippen LogP contribution in [0.15, 0.2) is 12.2 Å². The molecule has 0 N–H and O–H groups in total. The van der Waals surface area contributed by atoms with Crippen LogP contribution in [-0.2, 0) is 13.9 Å². The average molecular weight is 357 g/mol. The molecule has 0 aromatic heterocycles. The minimum absolute atomic E-state index is 0.0421. The Labute approximate surface area is 151 Å². The van der Waals surface area contributed by atoms with Gasteiger partial charge in [0.25, 0.3) is 0 Å². The molecule has 1 unspecified atom stereocenters. The number of unbranched alkanes of at least 4 members (excludes halogenated alkanes) is 1. The number of hydrogen-bond acceptors (Lipinski definition) is 3. The molecule has 1 heterocycles. The maximum absolute atomic E-state index is 6.40. The Balaban J connectivity index is 2.04. The van der Waals surface area contributed by atoms with Gasteiger partial charge in [-0.05, 0) is 70.0 Å². The SMILES string of the molecule is C[C@@H](CCC/C=C\CCOC1CCCCO1)O[Si](C)(C)C(C)(C)C. The molecule has 3 nitrogen and oxygen atoms in total. The van der Waals surface area contributed by atoms with Gasteiger partial charge in [-0.3, -0.25) is 0 Å². The maximum atomic E-state index is 6.40. The number of allylic oxidation sites excluding steroid dienone is 1. The molecule has 1 aliphatic rings. The van der Waals surface area contributed by atoms with Gasteiger partial charge in [-0.2, -0.15) is 0 Å². The highest BCUT2D eigenvalue weighted by Crippen LogP contribution is 2.37. The van der Waals surface area contributed by atoms with Crippen molar-refractivity contribution in [3.8, 4) is 0 Å². The van der Waals surface area contributed by atoms with Crippen molar-refractivity contribution < 1.29 is 13.9 Å². The molecular weight excluding hydrogens is 316 g/mol. The third-order valence-electron chi connectivity index (χ3n) is 5.18. The van der Waals surface area contributed by atoms with Crippen LogP contribution in [0.1, 0.15) is 72.6 Å². The second-order valence-electron chi connectivity index (χ2n) is 8.55. The monoisotopic (exact) mass is 356 g/mol. The van der Waals surface area contributed by atoms with Crippen molar-refractivity contribution in [1.29, 1.82) is 0 Å². The standard InChI is InChI=1S/C20H40O3Si/c1-18(23-24(5,6)20(2,3)4)14-10-8-7-9-12-16-21-19-15-11-13-17-22-19/h7,9,18-19H,8,10-17H2,1-6H3/b9-7-/t18-,19?/m0/s1. The van der Waals surface area contributed by atoms with Gasteiger partial charge < -0.3 is 13.9 Å². The van der Waals surface area contributed by atoms with Crippen LogP contribution in [0.4, 0.5) is 0 Å². The third-order valence-corrected chi connectivity index (χ3v) is 9.78. The van der Waals surface area contributed by atoms with Gasteiger partial charge in [-0.1, -0.05) is 32.9 Å². The quantitative estimate of drug-likeness (QED) is 0.271. The van der Waals surface area contributed by atoms with E-state index < -0.39 is 8.32 Å². The van der Waals surface area contributed by atoms with Crippen molar-refractivity contribution in [2.45, 2.75) is 103 Å². The Morgan fingerprint density at radius 2 is 1.88 bits per heavy atom. The Morgan fingerprint density at radius 1 is 1.17 bits per heavy atom. The molecule has 1 saturated heterocycles. The summed E-state index contributed by atoms with van der Waals surface area (Å²) in [4.78, 5) is 0. The molecule has 24 heavy (non-hydrogen) atoms. The van der Waals surface area contributed by atoms with Crippen molar-refractivity contribution >= 4 is 8.32 Å². The lowest BCUT2D eigenvalue weighted by Gasteiger charge is -2.38. The molecule has 1 aliphatic heterocycles. The summed E-state index contributed by atoms with van der Waals surface area (Å²) in [5.74, 6) is 0. The molecule has 0 aromatic rings. The first-order chi connectivity index (χ1) is 11.2. The van der Waals surface area contributed by atoms with Crippen molar-refractivity contribution in [3.05, 3.63) is 12.2 Å². The second kappa shape index (κ2) is 10.7. The number of ether oxygens (including phenoxy) is 2. The first-order valence-electron chi connectivity index (χ1n) is 9.78. The molecule has 0 radical (unpaired) electrons. The fourth-order valence-electron chi connectivity index (χ4n) is 2.61. The lowest BCUT2D eigenvalue weighted by molar-refractivity contribution is -0.161. The van der Waals surface area contributed by atoms with E-state index in [0.29, 0.717) is 11.1 Å². The van der Waals surface area contributed by atoms with Crippen LogP contribution in [0.5, 0.6) is 0 Å². The summed E-state index contributed by atoms with van der Waals surface area (Å²) in [6, 6.07) is 0. The van der Waals surface area contributed by atoms with E-state index in [4.69, 9.17) is 13.9 Å². The van der Waals surface area contributed by atoms with Crippen molar-refractivity contribution in [2.24, 2.45) is 0 Å². The summed E-state index contributed by atoms with van der Waals surface area (Å²) >= 11 is 0. The topological polar surface area (TPSA) is 27.7 Å². The highest BCUT2D eigenvalue weighted by Gasteiger charge is 2.38. The molecule has 0 aliphatic carbocycles. The van der Waals surface area contributed by atoms with E-state index in [2.05, 4.69) is 52.9 Å². The molecular formula is C20H40O3Si. The van der Waals surface area contributed by atoms with Crippen LogP contribution < -0.4 is 0 Å². The zero-order valence-electron chi connectivity index (χ0n) is 16.9. The van der Waals surface area contributed by atoms with Crippen LogP contribution in [0, 0.1) is 0 Å². The Bertz CT molecular complexity index is 354. The second-order valence-corrected chi connectivity index (χ2v) is 13.3. The van der Waals surface area contributed by atoms with Crippen molar-refractivity contribution in [1.82, 2.24) is 0 Å². The lowest BCUT2D eigenvalue weighted by atomic mass is 10.1. The van der Waals surface area contributed by atoms with E-state index in [1.54, 1.807) is 0 Å². The Morgan fingerprint density at radius 3 is 2.50 bits per heavy atom. The van der Waals surface area contributed by atoms with Crippen molar-refractivity contribution in [3.63, 3.8) is 0 Å². The first-order valence-corrected chi connectivity index (χ1v) is 12.7. The summed E-state index contributed by atoms with van der Waals surface area (Å²) in [7, 11) is -1.62. The smallest absolute Gasteiger partial charge is 0.192 e. The van der Waals surface area contributed by atoms with Gasteiger partial charge in [-0.15, -0.1) is 0 Å². The highest BCUT2D eigenvalue weighted by molar-refractivity contribution is 6.74. The summed E-state index contributed by atoms with van der Waals surface area (Å²) in [5, 5.41) is 0.295. The molecule has 1 fully saturated rings. The summed E-state index contributed by atoms with van der Waals surface area (Å²) in [6.45, 7) is 15.4. The van der Waals surface area contributed by atoms with E-state index in [1.807, 2.05) is 0 Å². The molecule has 1 rings (SSSR count). The molecule has 0 bridgehead atoms. The van der Waals surface area contributed by atoms with Crippen LogP contribution in [0.2, 0.25) is 18.1 Å². The van der Waals surface area contributed by atoms with Gasteiger partial charge in [0, 0.05) is 12.7 Å². The summed E-state index contributed by atoms with van der Waals surface area (Å²) in [5.41, 5.74) is 0. The predicted molar refractivity (Wildman–Crippen MR) is 105 cm³/mol. The summed E-state index contributed by atoms with van der Waals surface area (Å²) < 4.78 is 17.7. The van der Waals surface area contributed by atoms with Gasteiger partial charge in [-0.25, -0.2) is 0 Å². The molecule has 2 atom stereocenters. The lowest BCUT2D eigenvalue weighted by Crippen LogP contribution is -2.43. The fourth-order valence-corrected chi connectivity index (χ4v) is 4.09. The number of hydrogen-bond donors (Lipinski definition) is 0. The summed E-state index contributed by atoms with van der Waals surface area (Å²) in [6.07, 6.45) is 12.8. The van der Waals surface area contributed by atoms with E-state index in [0.717, 1.165) is 38.9 Å². The first kappa shape index (κ1) is 21.9. The predicted octanol–water partition coefficient (Wildman–Crippen LogP) is 6.06. The van der Waals surface area contributed by atoms with Gasteiger partial charge >= 0.3 is 0 Å². The molecule has 0 spiro atoms. The third kappa shape index (κ3) is 8.79. The van der Waals surface area contributed by atoms with Crippen molar-refractivity contribution in [2.75, 3.05) is 13.2 Å². The average Bonchev–Trinajstić information content (AvgIpc) is 2.49. The zero-order chi connectivity index (χ0) is 18.1. The van der Waals surface area contributed by atoms with Crippen LogP contribution in [-0.4, -0.2) is 33.9 Å². The van der Waals surface area contributed by atoms with Crippen LogP contribution >= 0.6 is 0 Å². The zero-order valence-corrected chi connectivity index (χ0v) is 17.9. The van der Waals surface area contributed by atoms with E-state index in [1.165, 1.54) is 19.3 Å². The van der Waals surface area contributed by atoms with E-state index in [-0.39, 0.29) is 6.29 Å². The van der Waals surface area contributed by atoms with Gasteiger partial charge in [0.2, 0.25) is 0 Å². The van der Waals surface area contributed by atoms with E-state index in [9.17, 15) is 0 Å². The van der Waals surface area contributed by atoms with Gasteiger partial charge in [0.1, 0.15) is 0 Å². The molecule has 4 heteroatoms. The van der Waals surface area contributed by atoms with Crippen LogP contribution in [0.25, 0.3) is 0 Å². The maximum Gasteiger partial charge on any atom is 0.192 e. The largest absolute Gasteiger partial charge is 0.414 e.